The maximum Gasteiger partial charge on any atom is 0.0959 e. The molecule has 1 aliphatic heterocycles. The second-order valence-electron chi connectivity index (χ2n) is 6.39. The molecule has 4 heteroatoms. The molecule has 3 fully saturated rings. The van der Waals surface area contributed by atoms with Crippen molar-refractivity contribution in [2.75, 3.05) is 13.1 Å². The number of rotatable bonds is 6. The van der Waals surface area contributed by atoms with Gasteiger partial charge in [0.25, 0.3) is 0 Å². The minimum absolute atomic E-state index is 0.733. The summed E-state index contributed by atoms with van der Waals surface area (Å²) in [7, 11) is 0. The Bertz CT molecular complexity index is 430. The van der Waals surface area contributed by atoms with E-state index in [9.17, 15) is 0 Å². The lowest BCUT2D eigenvalue weighted by atomic mass is 10.2. The van der Waals surface area contributed by atoms with Gasteiger partial charge in [0.15, 0.2) is 0 Å². The molecule has 104 valence electrons. The van der Waals surface area contributed by atoms with Crippen LogP contribution >= 0.6 is 11.3 Å². The van der Waals surface area contributed by atoms with Gasteiger partial charge in [0.2, 0.25) is 0 Å². The Morgan fingerprint density at radius 1 is 1.26 bits per heavy atom. The van der Waals surface area contributed by atoms with Crippen LogP contribution in [0.1, 0.15) is 54.3 Å². The minimum atomic E-state index is 0.733. The summed E-state index contributed by atoms with van der Waals surface area (Å²) in [6.07, 6.45) is 10.4. The Labute approximate surface area is 119 Å². The highest BCUT2D eigenvalue weighted by atomic mass is 32.1. The number of aromatic nitrogens is 1. The van der Waals surface area contributed by atoms with Gasteiger partial charge in [-0.25, -0.2) is 4.98 Å². The van der Waals surface area contributed by atoms with E-state index in [4.69, 9.17) is 0 Å². The van der Waals surface area contributed by atoms with Crippen molar-refractivity contribution in [2.24, 2.45) is 0 Å². The molecule has 1 aromatic heterocycles. The van der Waals surface area contributed by atoms with Crippen molar-refractivity contribution in [3.8, 4) is 0 Å². The van der Waals surface area contributed by atoms with Gasteiger partial charge in [0.05, 0.1) is 5.01 Å². The van der Waals surface area contributed by atoms with Crippen molar-refractivity contribution < 1.29 is 0 Å². The summed E-state index contributed by atoms with van der Waals surface area (Å²) >= 11 is 1.96. The summed E-state index contributed by atoms with van der Waals surface area (Å²) in [4.78, 5) is 8.80. The second-order valence-corrected chi connectivity index (χ2v) is 7.54. The summed E-state index contributed by atoms with van der Waals surface area (Å²) in [6.45, 7) is 3.59. The van der Waals surface area contributed by atoms with Crippen molar-refractivity contribution in [3.05, 3.63) is 16.1 Å². The van der Waals surface area contributed by atoms with Gasteiger partial charge in [-0.2, -0.15) is 0 Å². The molecular weight excluding hydrogens is 254 g/mol. The Morgan fingerprint density at radius 3 is 2.84 bits per heavy atom. The van der Waals surface area contributed by atoms with Crippen LogP contribution in [0.5, 0.6) is 0 Å². The monoisotopic (exact) mass is 277 g/mol. The van der Waals surface area contributed by atoms with Crippen LogP contribution in [0.3, 0.4) is 0 Å². The van der Waals surface area contributed by atoms with Crippen molar-refractivity contribution in [1.82, 2.24) is 15.2 Å². The quantitative estimate of drug-likeness (QED) is 0.866. The summed E-state index contributed by atoms with van der Waals surface area (Å²) in [5.41, 5.74) is 0. The van der Waals surface area contributed by atoms with E-state index in [-0.39, 0.29) is 0 Å². The lowest BCUT2D eigenvalue weighted by Crippen LogP contribution is -2.38. The van der Waals surface area contributed by atoms with E-state index in [1.54, 1.807) is 0 Å². The average molecular weight is 277 g/mol. The molecule has 19 heavy (non-hydrogen) atoms. The van der Waals surface area contributed by atoms with E-state index in [1.807, 2.05) is 11.3 Å². The standard InChI is InChI=1S/C15H23N3S/c1-2-12(16-7-1)9-18(13-5-6-13)10-14-8-17-15(19-14)11-3-4-11/h8,11-13,16H,1-7,9-10H2/t12-/m1/s1. The van der Waals surface area contributed by atoms with Crippen LogP contribution in [-0.2, 0) is 6.54 Å². The van der Waals surface area contributed by atoms with Crippen molar-refractivity contribution in [1.29, 1.82) is 0 Å². The van der Waals surface area contributed by atoms with Gasteiger partial charge in [0.1, 0.15) is 0 Å². The molecule has 1 aromatic rings. The average Bonchev–Trinajstić information content (AvgIpc) is 3.34. The lowest BCUT2D eigenvalue weighted by Gasteiger charge is -2.24. The zero-order chi connectivity index (χ0) is 12.7. The molecule has 2 aliphatic carbocycles. The maximum atomic E-state index is 4.62. The molecule has 0 bridgehead atoms. The zero-order valence-corrected chi connectivity index (χ0v) is 12.3. The molecule has 0 unspecified atom stereocenters. The third-order valence-corrected chi connectivity index (χ3v) is 5.68. The highest BCUT2D eigenvalue weighted by Gasteiger charge is 2.32. The molecule has 2 heterocycles. The normalized spacial score (nSPS) is 27.3. The first-order valence-corrected chi connectivity index (χ1v) is 8.62. The molecule has 0 aromatic carbocycles. The van der Waals surface area contributed by atoms with E-state index in [1.165, 1.54) is 61.5 Å². The molecule has 1 saturated heterocycles. The number of hydrogen-bond donors (Lipinski definition) is 1. The maximum absolute atomic E-state index is 4.62. The summed E-state index contributed by atoms with van der Waals surface area (Å²) < 4.78 is 0. The van der Waals surface area contributed by atoms with Gasteiger partial charge in [-0.15, -0.1) is 11.3 Å². The Kier molecular flexibility index (Phi) is 3.34. The molecule has 2 saturated carbocycles. The fourth-order valence-corrected chi connectivity index (χ4v) is 4.21. The fraction of sp³-hybridized carbons (Fsp3) is 0.800. The van der Waals surface area contributed by atoms with Crippen LogP contribution in [0.2, 0.25) is 0 Å². The SMILES string of the molecule is c1nc(C2CC2)sc1CN(C[C@H]1CCCN1)C1CC1. The molecule has 0 amide bonds. The van der Waals surface area contributed by atoms with Gasteiger partial charge in [-0.1, -0.05) is 0 Å². The van der Waals surface area contributed by atoms with E-state index < -0.39 is 0 Å². The second kappa shape index (κ2) is 5.15. The highest BCUT2D eigenvalue weighted by molar-refractivity contribution is 7.11. The van der Waals surface area contributed by atoms with E-state index in [2.05, 4.69) is 21.4 Å². The molecule has 3 aliphatic rings. The van der Waals surface area contributed by atoms with Crippen molar-refractivity contribution >= 4 is 11.3 Å². The third kappa shape index (κ3) is 3.01. The molecule has 0 spiro atoms. The summed E-state index contributed by atoms with van der Waals surface area (Å²) in [6, 6.07) is 1.59. The van der Waals surface area contributed by atoms with E-state index >= 15 is 0 Å². The molecule has 0 radical (unpaired) electrons. The first-order chi connectivity index (χ1) is 9.38. The van der Waals surface area contributed by atoms with Crippen LogP contribution in [0, 0.1) is 0 Å². The summed E-state index contributed by atoms with van der Waals surface area (Å²) in [5.74, 6) is 0.810. The van der Waals surface area contributed by atoms with Gasteiger partial charge < -0.3 is 5.32 Å². The first-order valence-electron chi connectivity index (χ1n) is 7.80. The Balaban J connectivity index is 1.38. The molecule has 3 nitrogen and oxygen atoms in total. The third-order valence-electron chi connectivity index (χ3n) is 4.54. The molecule has 1 N–H and O–H groups in total. The van der Waals surface area contributed by atoms with Gasteiger partial charge in [0, 0.05) is 42.2 Å². The van der Waals surface area contributed by atoms with Gasteiger partial charge in [-0.3, -0.25) is 4.90 Å². The molecule has 1 atom stereocenters. The van der Waals surface area contributed by atoms with Crippen LogP contribution in [0.4, 0.5) is 0 Å². The molecule has 4 rings (SSSR count). The highest BCUT2D eigenvalue weighted by Crippen LogP contribution is 2.42. The predicted molar refractivity (Wildman–Crippen MR) is 78.5 cm³/mol. The predicted octanol–water partition coefficient (Wildman–Crippen LogP) is 2.74. The van der Waals surface area contributed by atoms with Crippen LogP contribution in [0.25, 0.3) is 0 Å². The topological polar surface area (TPSA) is 28.2 Å². The van der Waals surface area contributed by atoms with Gasteiger partial charge >= 0.3 is 0 Å². The number of thiazole rings is 1. The first kappa shape index (κ1) is 12.3. The zero-order valence-electron chi connectivity index (χ0n) is 11.5. The van der Waals surface area contributed by atoms with Crippen LogP contribution < -0.4 is 5.32 Å². The molecular formula is C15H23N3S. The lowest BCUT2D eigenvalue weighted by molar-refractivity contribution is 0.233. The van der Waals surface area contributed by atoms with Crippen LogP contribution in [-0.4, -0.2) is 35.1 Å². The summed E-state index contributed by atoms with van der Waals surface area (Å²) in [5, 5.41) is 5.03. The number of hydrogen-bond acceptors (Lipinski definition) is 4. The van der Waals surface area contributed by atoms with Crippen molar-refractivity contribution in [3.63, 3.8) is 0 Å². The van der Waals surface area contributed by atoms with E-state index in [0.717, 1.165) is 24.5 Å². The largest absolute Gasteiger partial charge is 0.313 e. The minimum Gasteiger partial charge on any atom is -0.313 e. The van der Waals surface area contributed by atoms with Gasteiger partial charge in [-0.05, 0) is 45.1 Å². The Hall–Kier alpha value is -0.450. The smallest absolute Gasteiger partial charge is 0.0959 e. The number of nitrogens with one attached hydrogen (secondary N) is 1. The number of nitrogens with zero attached hydrogens (tertiary/aromatic N) is 2. The fourth-order valence-electron chi connectivity index (χ4n) is 3.09. The van der Waals surface area contributed by atoms with Crippen molar-refractivity contribution in [2.45, 2.75) is 63.1 Å². The van der Waals surface area contributed by atoms with E-state index in [0.29, 0.717) is 0 Å². The Morgan fingerprint density at radius 2 is 2.16 bits per heavy atom. The van der Waals surface area contributed by atoms with Crippen LogP contribution in [0.15, 0.2) is 6.20 Å².